The summed E-state index contributed by atoms with van der Waals surface area (Å²) < 4.78 is 5.20. The molecule has 2 atom stereocenters. The number of hydrogen-bond donors (Lipinski definition) is 1. The van der Waals surface area contributed by atoms with Crippen LogP contribution < -0.4 is 5.32 Å². The van der Waals surface area contributed by atoms with Crippen molar-refractivity contribution in [2.45, 2.75) is 59.6 Å². The average Bonchev–Trinajstić information content (AvgIpc) is 2.07. The summed E-state index contributed by atoms with van der Waals surface area (Å²) in [5.74, 6) is 0.236. The molecule has 17 heavy (non-hydrogen) atoms. The van der Waals surface area contributed by atoms with Gasteiger partial charge in [-0.05, 0) is 39.5 Å². The summed E-state index contributed by atoms with van der Waals surface area (Å²) in [6, 6.07) is 0.0197. The van der Waals surface area contributed by atoms with E-state index >= 15 is 0 Å². The lowest BCUT2D eigenvalue weighted by Gasteiger charge is -2.51. The van der Waals surface area contributed by atoms with Crippen LogP contribution in [0, 0.1) is 11.3 Å². The highest BCUT2D eigenvalue weighted by Crippen LogP contribution is 2.46. The van der Waals surface area contributed by atoms with E-state index in [0.29, 0.717) is 6.42 Å². The number of rotatable bonds is 2. The van der Waals surface area contributed by atoms with Crippen LogP contribution in [0.15, 0.2) is 0 Å². The molecule has 4 nitrogen and oxygen atoms in total. The summed E-state index contributed by atoms with van der Waals surface area (Å²) in [5.41, 5.74) is -0.666. The topological polar surface area (TPSA) is 55.4 Å². The Bertz CT molecular complexity index is 328. The van der Waals surface area contributed by atoms with Crippen molar-refractivity contribution < 1.29 is 14.3 Å². The minimum absolute atomic E-state index is 0.0197. The first-order valence-corrected chi connectivity index (χ1v) is 6.04. The van der Waals surface area contributed by atoms with Gasteiger partial charge < -0.3 is 10.1 Å². The second-order valence-corrected chi connectivity index (χ2v) is 6.42. The van der Waals surface area contributed by atoms with Crippen LogP contribution in [0.25, 0.3) is 0 Å². The number of carbonyl (C=O) groups is 2. The van der Waals surface area contributed by atoms with Crippen LogP contribution in [0.5, 0.6) is 0 Å². The van der Waals surface area contributed by atoms with Crippen LogP contribution in [0.1, 0.15) is 48.0 Å². The minimum Gasteiger partial charge on any atom is -0.444 e. The van der Waals surface area contributed by atoms with Crippen LogP contribution in [-0.4, -0.2) is 23.5 Å². The molecule has 0 bridgehead atoms. The molecule has 0 radical (unpaired) electrons. The lowest BCUT2D eigenvalue weighted by atomic mass is 9.57. The SMILES string of the molecule is CC(=O)[C@H]1C[C@@H](NC(=O)OC(C)(C)C)C1(C)C. The zero-order valence-electron chi connectivity index (χ0n) is 11.6. The van der Waals surface area contributed by atoms with Gasteiger partial charge in [0.15, 0.2) is 0 Å². The standard InChI is InChI=1S/C13H23NO3/c1-8(15)9-7-10(13(9,5)6)14-11(16)17-12(2,3)4/h9-10H,7H2,1-6H3,(H,14,16)/t9-,10-/m1/s1. The first kappa shape index (κ1) is 14.0. The zero-order valence-corrected chi connectivity index (χ0v) is 11.6. The van der Waals surface area contributed by atoms with Gasteiger partial charge in [0.05, 0.1) is 0 Å². The highest BCUT2D eigenvalue weighted by Gasteiger charge is 2.51. The molecule has 1 saturated carbocycles. The van der Waals surface area contributed by atoms with Gasteiger partial charge in [-0.15, -0.1) is 0 Å². The van der Waals surface area contributed by atoms with Crippen LogP contribution >= 0.6 is 0 Å². The second-order valence-electron chi connectivity index (χ2n) is 6.42. The third-order valence-electron chi connectivity index (χ3n) is 3.45. The van der Waals surface area contributed by atoms with Gasteiger partial charge >= 0.3 is 6.09 Å². The maximum Gasteiger partial charge on any atom is 0.407 e. The van der Waals surface area contributed by atoms with Crippen molar-refractivity contribution >= 4 is 11.9 Å². The van der Waals surface area contributed by atoms with Crippen LogP contribution in [0.2, 0.25) is 0 Å². The molecule has 0 unspecified atom stereocenters. The molecular weight excluding hydrogens is 218 g/mol. The monoisotopic (exact) mass is 241 g/mol. The predicted molar refractivity (Wildman–Crippen MR) is 65.7 cm³/mol. The Labute approximate surface area is 103 Å². The van der Waals surface area contributed by atoms with Gasteiger partial charge in [0, 0.05) is 12.0 Å². The van der Waals surface area contributed by atoms with E-state index in [9.17, 15) is 9.59 Å². The first-order valence-electron chi connectivity index (χ1n) is 6.04. The zero-order chi connectivity index (χ0) is 13.4. The summed E-state index contributed by atoms with van der Waals surface area (Å²) in [6.45, 7) is 11.1. The number of hydrogen-bond acceptors (Lipinski definition) is 3. The molecular formula is C13H23NO3. The van der Waals surface area contributed by atoms with E-state index in [0.717, 1.165) is 0 Å². The quantitative estimate of drug-likeness (QED) is 0.808. The number of ketones is 1. The minimum atomic E-state index is -0.488. The van der Waals surface area contributed by atoms with E-state index < -0.39 is 11.7 Å². The molecule has 4 heteroatoms. The largest absolute Gasteiger partial charge is 0.444 e. The highest BCUT2D eigenvalue weighted by molar-refractivity contribution is 5.81. The number of carbonyl (C=O) groups excluding carboxylic acids is 2. The van der Waals surface area contributed by atoms with E-state index in [2.05, 4.69) is 5.32 Å². The van der Waals surface area contributed by atoms with E-state index in [1.807, 2.05) is 34.6 Å². The Hall–Kier alpha value is -1.06. The number of Topliss-reactive ketones (excluding diaryl/α,β-unsaturated/α-hetero) is 1. The van der Waals surface area contributed by atoms with Gasteiger partial charge in [0.1, 0.15) is 11.4 Å². The molecule has 1 aliphatic rings. The summed E-state index contributed by atoms with van der Waals surface area (Å²) >= 11 is 0. The molecule has 1 aliphatic carbocycles. The van der Waals surface area contributed by atoms with Gasteiger partial charge in [0.25, 0.3) is 0 Å². The Balaban J connectivity index is 2.51. The molecule has 0 saturated heterocycles. The van der Waals surface area contributed by atoms with Crippen LogP contribution in [0.4, 0.5) is 4.79 Å². The third kappa shape index (κ3) is 3.20. The Morgan fingerprint density at radius 3 is 2.18 bits per heavy atom. The van der Waals surface area contributed by atoms with E-state index in [1.54, 1.807) is 6.92 Å². The van der Waals surface area contributed by atoms with E-state index in [4.69, 9.17) is 4.74 Å². The predicted octanol–water partition coefficient (Wildman–Crippen LogP) is 2.51. The smallest absolute Gasteiger partial charge is 0.407 e. The number of ether oxygens (including phenoxy) is 1. The lowest BCUT2D eigenvalue weighted by molar-refractivity contribution is -0.132. The van der Waals surface area contributed by atoms with Gasteiger partial charge in [0.2, 0.25) is 0 Å². The summed E-state index contributed by atoms with van der Waals surface area (Å²) in [4.78, 5) is 23.0. The summed E-state index contributed by atoms with van der Waals surface area (Å²) in [6.07, 6.45) is 0.305. The molecule has 1 N–H and O–H groups in total. The maximum absolute atomic E-state index is 11.6. The van der Waals surface area contributed by atoms with Gasteiger partial charge in [-0.1, -0.05) is 13.8 Å². The normalized spacial score (nSPS) is 26.9. The van der Waals surface area contributed by atoms with Gasteiger partial charge in [-0.2, -0.15) is 0 Å². The molecule has 0 aromatic heterocycles. The number of amides is 1. The van der Waals surface area contributed by atoms with Gasteiger partial charge in [-0.3, -0.25) is 4.79 Å². The van der Waals surface area contributed by atoms with Crippen molar-refractivity contribution in [1.29, 1.82) is 0 Å². The van der Waals surface area contributed by atoms with Crippen molar-refractivity contribution in [3.63, 3.8) is 0 Å². The maximum atomic E-state index is 11.6. The van der Waals surface area contributed by atoms with E-state index in [1.165, 1.54) is 0 Å². The molecule has 0 aliphatic heterocycles. The number of nitrogens with one attached hydrogen (secondary N) is 1. The third-order valence-corrected chi connectivity index (χ3v) is 3.45. The Morgan fingerprint density at radius 1 is 1.29 bits per heavy atom. The fourth-order valence-electron chi connectivity index (χ4n) is 2.31. The lowest BCUT2D eigenvalue weighted by Crippen LogP contribution is -2.60. The van der Waals surface area contributed by atoms with Crippen molar-refractivity contribution in [3.8, 4) is 0 Å². The second kappa shape index (κ2) is 4.31. The van der Waals surface area contributed by atoms with Crippen LogP contribution in [-0.2, 0) is 9.53 Å². The highest BCUT2D eigenvalue weighted by atomic mass is 16.6. The number of alkyl carbamates (subject to hydrolysis) is 1. The van der Waals surface area contributed by atoms with Crippen molar-refractivity contribution in [2.24, 2.45) is 11.3 Å². The fourth-order valence-corrected chi connectivity index (χ4v) is 2.31. The molecule has 1 rings (SSSR count). The molecule has 0 aromatic rings. The molecule has 1 amide bonds. The molecule has 0 spiro atoms. The fraction of sp³-hybridized carbons (Fsp3) is 0.846. The Kier molecular flexibility index (Phi) is 3.55. The Morgan fingerprint density at radius 2 is 1.82 bits per heavy atom. The van der Waals surface area contributed by atoms with Crippen molar-refractivity contribution in [3.05, 3.63) is 0 Å². The summed E-state index contributed by atoms with van der Waals surface area (Å²) in [7, 11) is 0. The van der Waals surface area contributed by atoms with E-state index in [-0.39, 0.29) is 23.2 Å². The molecule has 1 fully saturated rings. The molecule has 0 heterocycles. The van der Waals surface area contributed by atoms with Crippen LogP contribution in [0.3, 0.4) is 0 Å². The average molecular weight is 241 g/mol. The van der Waals surface area contributed by atoms with Crippen molar-refractivity contribution in [1.82, 2.24) is 5.32 Å². The first-order chi connectivity index (χ1) is 7.54. The molecule has 98 valence electrons. The molecule has 0 aromatic carbocycles. The van der Waals surface area contributed by atoms with Crippen molar-refractivity contribution in [2.75, 3.05) is 0 Å². The van der Waals surface area contributed by atoms with Gasteiger partial charge in [-0.25, -0.2) is 4.79 Å². The summed E-state index contributed by atoms with van der Waals surface area (Å²) in [5, 5.41) is 2.83.